The zero-order chi connectivity index (χ0) is 11.4. The number of aryl methyl sites for hydroxylation is 1. The van der Waals surface area contributed by atoms with E-state index < -0.39 is 0 Å². The van der Waals surface area contributed by atoms with E-state index in [-0.39, 0.29) is 0 Å². The fraction of sp³-hybridized carbons (Fsp3) is 0.364. The lowest BCUT2D eigenvalue weighted by molar-refractivity contribution is 0.635. The molecule has 0 atom stereocenters. The number of nitrogens with one attached hydrogen (secondary N) is 1. The van der Waals surface area contributed by atoms with Crippen molar-refractivity contribution in [1.29, 1.82) is 0 Å². The maximum Gasteiger partial charge on any atom is 0.0964 e. The first-order valence-corrected chi connectivity index (χ1v) is 5.23. The summed E-state index contributed by atoms with van der Waals surface area (Å²) >= 11 is 0. The fourth-order valence-corrected chi connectivity index (χ4v) is 1.52. The van der Waals surface area contributed by atoms with E-state index in [1.54, 1.807) is 6.20 Å². The van der Waals surface area contributed by atoms with Gasteiger partial charge in [0.1, 0.15) is 0 Å². The van der Waals surface area contributed by atoms with E-state index in [4.69, 9.17) is 0 Å². The van der Waals surface area contributed by atoms with Crippen LogP contribution < -0.4 is 5.32 Å². The lowest BCUT2D eigenvalue weighted by Crippen LogP contribution is -2.05. The van der Waals surface area contributed by atoms with Gasteiger partial charge in [-0.25, -0.2) is 4.68 Å². The molecule has 2 aromatic heterocycles. The Labute approximate surface area is 94.5 Å². The van der Waals surface area contributed by atoms with Crippen molar-refractivity contribution in [3.05, 3.63) is 41.5 Å². The highest BCUT2D eigenvalue weighted by Gasteiger charge is 2.03. The molecule has 0 aliphatic carbocycles. The molecule has 0 amide bonds. The first kappa shape index (κ1) is 10.8. The summed E-state index contributed by atoms with van der Waals surface area (Å²) in [5.41, 5.74) is 3.15. The van der Waals surface area contributed by atoms with Gasteiger partial charge in [0.05, 0.1) is 24.1 Å². The lowest BCUT2D eigenvalue weighted by Gasteiger charge is -2.02. The first-order chi connectivity index (χ1) is 7.79. The van der Waals surface area contributed by atoms with Gasteiger partial charge in [0.2, 0.25) is 0 Å². The molecule has 0 saturated heterocycles. The molecule has 2 aromatic rings. The van der Waals surface area contributed by atoms with Crippen LogP contribution in [-0.4, -0.2) is 27.0 Å². The maximum atomic E-state index is 4.32. The van der Waals surface area contributed by atoms with Gasteiger partial charge >= 0.3 is 0 Å². The minimum atomic E-state index is 0.670. The molecule has 1 N–H and O–H groups in total. The maximum absolute atomic E-state index is 4.32. The summed E-state index contributed by atoms with van der Waals surface area (Å²) in [6.07, 6.45) is 3.73. The van der Waals surface area contributed by atoms with Gasteiger partial charge in [0.15, 0.2) is 0 Å². The van der Waals surface area contributed by atoms with E-state index in [0.717, 1.165) is 17.9 Å². The Bertz CT molecular complexity index is 463. The summed E-state index contributed by atoms with van der Waals surface area (Å²) in [7, 11) is 1.89. The Morgan fingerprint density at radius 3 is 3.06 bits per heavy atom. The van der Waals surface area contributed by atoms with Crippen LogP contribution in [0.2, 0.25) is 0 Å². The average molecular weight is 217 g/mol. The second kappa shape index (κ2) is 4.85. The lowest BCUT2D eigenvalue weighted by atomic mass is 10.2. The predicted molar refractivity (Wildman–Crippen MR) is 60.9 cm³/mol. The Hall–Kier alpha value is -1.75. The van der Waals surface area contributed by atoms with Crippen LogP contribution in [0.15, 0.2) is 24.5 Å². The van der Waals surface area contributed by atoms with E-state index >= 15 is 0 Å². The minimum absolute atomic E-state index is 0.670. The monoisotopic (exact) mass is 217 g/mol. The van der Waals surface area contributed by atoms with Gasteiger partial charge in [-0.05, 0) is 25.6 Å². The molecule has 5 heteroatoms. The summed E-state index contributed by atoms with van der Waals surface area (Å²) in [6, 6.07) is 3.99. The van der Waals surface area contributed by atoms with Crippen LogP contribution in [0.25, 0.3) is 0 Å². The van der Waals surface area contributed by atoms with Crippen molar-refractivity contribution in [3.8, 4) is 0 Å². The molecule has 2 rings (SSSR count). The average Bonchev–Trinajstić information content (AvgIpc) is 2.70. The smallest absolute Gasteiger partial charge is 0.0964 e. The van der Waals surface area contributed by atoms with Gasteiger partial charge in [-0.15, -0.1) is 5.10 Å². The molecule has 0 aliphatic rings. The Kier molecular flexibility index (Phi) is 3.26. The van der Waals surface area contributed by atoms with Crippen molar-refractivity contribution in [3.63, 3.8) is 0 Å². The van der Waals surface area contributed by atoms with Crippen LogP contribution >= 0.6 is 0 Å². The van der Waals surface area contributed by atoms with Crippen LogP contribution in [0.3, 0.4) is 0 Å². The summed E-state index contributed by atoms with van der Waals surface area (Å²) in [6.45, 7) is 3.46. The fourth-order valence-electron chi connectivity index (χ4n) is 1.52. The van der Waals surface area contributed by atoms with Crippen LogP contribution in [0.5, 0.6) is 0 Å². The van der Waals surface area contributed by atoms with Gasteiger partial charge in [-0.3, -0.25) is 4.98 Å². The van der Waals surface area contributed by atoms with Gasteiger partial charge < -0.3 is 5.32 Å². The van der Waals surface area contributed by atoms with Crippen LogP contribution in [0.4, 0.5) is 0 Å². The van der Waals surface area contributed by atoms with Gasteiger partial charge in [0, 0.05) is 12.7 Å². The second-order valence-corrected chi connectivity index (χ2v) is 3.70. The summed E-state index contributed by atoms with van der Waals surface area (Å²) in [5.74, 6) is 0. The van der Waals surface area contributed by atoms with Gasteiger partial charge in [0.25, 0.3) is 0 Å². The van der Waals surface area contributed by atoms with E-state index in [9.17, 15) is 0 Å². The van der Waals surface area contributed by atoms with E-state index in [0.29, 0.717) is 6.54 Å². The third-order valence-corrected chi connectivity index (χ3v) is 2.37. The summed E-state index contributed by atoms with van der Waals surface area (Å²) < 4.78 is 1.81. The van der Waals surface area contributed by atoms with Gasteiger partial charge in [-0.2, -0.15) is 0 Å². The molecule has 0 aromatic carbocycles. The molecule has 84 valence electrons. The van der Waals surface area contributed by atoms with E-state index in [2.05, 4.69) is 20.6 Å². The highest BCUT2D eigenvalue weighted by Crippen LogP contribution is 2.05. The van der Waals surface area contributed by atoms with Crippen molar-refractivity contribution >= 4 is 0 Å². The molecular weight excluding hydrogens is 202 g/mol. The molecule has 2 heterocycles. The van der Waals surface area contributed by atoms with Crippen LogP contribution in [-0.2, 0) is 13.1 Å². The Balaban J connectivity index is 2.11. The van der Waals surface area contributed by atoms with Gasteiger partial charge in [-0.1, -0.05) is 11.3 Å². The molecule has 0 aliphatic heterocycles. The third kappa shape index (κ3) is 2.43. The number of rotatable bonds is 4. The minimum Gasteiger partial charge on any atom is -0.314 e. The van der Waals surface area contributed by atoms with Crippen LogP contribution in [0, 0.1) is 6.92 Å². The molecule has 0 radical (unpaired) electrons. The quantitative estimate of drug-likeness (QED) is 0.821. The molecule has 0 unspecified atom stereocenters. The van der Waals surface area contributed by atoms with Crippen molar-refractivity contribution in [2.24, 2.45) is 0 Å². The van der Waals surface area contributed by atoms with E-state index in [1.165, 1.54) is 5.56 Å². The highest BCUT2D eigenvalue weighted by atomic mass is 15.4. The zero-order valence-corrected chi connectivity index (χ0v) is 9.51. The first-order valence-electron chi connectivity index (χ1n) is 5.23. The largest absolute Gasteiger partial charge is 0.314 e. The molecule has 5 nitrogen and oxygen atoms in total. The van der Waals surface area contributed by atoms with Crippen molar-refractivity contribution < 1.29 is 0 Å². The number of aromatic nitrogens is 4. The highest BCUT2D eigenvalue weighted by molar-refractivity contribution is 5.17. The third-order valence-electron chi connectivity index (χ3n) is 2.37. The summed E-state index contributed by atoms with van der Waals surface area (Å²) in [4.78, 5) is 4.32. The predicted octanol–water partition coefficient (Wildman–Crippen LogP) is 0.749. The number of hydrogen-bond acceptors (Lipinski definition) is 4. The Morgan fingerprint density at radius 2 is 2.31 bits per heavy atom. The second-order valence-electron chi connectivity index (χ2n) is 3.70. The van der Waals surface area contributed by atoms with Crippen LogP contribution in [0.1, 0.15) is 17.0 Å². The van der Waals surface area contributed by atoms with Crippen molar-refractivity contribution in [1.82, 2.24) is 25.3 Å². The summed E-state index contributed by atoms with van der Waals surface area (Å²) in [5, 5.41) is 11.2. The molecule has 0 saturated carbocycles. The van der Waals surface area contributed by atoms with Crippen molar-refractivity contribution in [2.45, 2.75) is 20.0 Å². The molecule has 0 bridgehead atoms. The number of nitrogens with zero attached hydrogens (tertiary/aromatic N) is 4. The molecule has 0 spiro atoms. The van der Waals surface area contributed by atoms with E-state index in [1.807, 2.05) is 37.0 Å². The molecular formula is C11H15N5. The SMILES string of the molecule is CNCc1cn(Cc2ncccc2C)nn1. The number of pyridine rings is 1. The zero-order valence-electron chi connectivity index (χ0n) is 9.51. The number of hydrogen-bond donors (Lipinski definition) is 1. The molecule has 16 heavy (non-hydrogen) atoms. The topological polar surface area (TPSA) is 55.6 Å². The standard InChI is InChI=1S/C11H15N5/c1-9-4-3-5-13-11(9)8-16-7-10(6-12-2)14-15-16/h3-5,7,12H,6,8H2,1-2H3. The Morgan fingerprint density at radius 1 is 1.44 bits per heavy atom. The van der Waals surface area contributed by atoms with Crippen molar-refractivity contribution in [2.75, 3.05) is 7.05 Å². The molecule has 0 fully saturated rings. The normalized spacial score (nSPS) is 10.6.